The summed E-state index contributed by atoms with van der Waals surface area (Å²) in [5.41, 5.74) is 2.07. The first-order valence-corrected chi connectivity index (χ1v) is 25.8. The first kappa shape index (κ1) is 51.7. The molecule has 76 heavy (non-hydrogen) atoms. The van der Waals surface area contributed by atoms with Crippen molar-refractivity contribution in [2.45, 2.75) is 64.3 Å². The molecule has 21 heteroatoms. The summed E-state index contributed by atoms with van der Waals surface area (Å²) in [4.78, 5) is 80.5. The van der Waals surface area contributed by atoms with Gasteiger partial charge in [-0.1, -0.05) is 47.7 Å². The van der Waals surface area contributed by atoms with Gasteiger partial charge in [0.2, 0.25) is 17.7 Å². The minimum atomic E-state index is -4.90. The second-order valence-corrected chi connectivity index (χ2v) is 21.1. The van der Waals surface area contributed by atoms with Gasteiger partial charge in [0.15, 0.2) is 10.8 Å². The van der Waals surface area contributed by atoms with Gasteiger partial charge >= 0.3 is 12.1 Å². The molecule has 0 spiro atoms. The molecule has 1 unspecified atom stereocenters. The molecule has 2 fully saturated rings. The average molecular weight is 1060 g/mol. The van der Waals surface area contributed by atoms with E-state index in [1.165, 1.54) is 35.6 Å². The number of thiazole rings is 1. The molecule has 1 atom stereocenters. The van der Waals surface area contributed by atoms with E-state index in [9.17, 15) is 24.0 Å². The summed E-state index contributed by atoms with van der Waals surface area (Å²) in [7, 11) is 1.75. The van der Waals surface area contributed by atoms with Gasteiger partial charge in [-0.3, -0.25) is 44.3 Å². The number of alkyl halides is 3. The highest BCUT2D eigenvalue weighted by molar-refractivity contribution is 7.22. The summed E-state index contributed by atoms with van der Waals surface area (Å²) in [6, 6.07) is 25.5. The highest BCUT2D eigenvalue weighted by atomic mass is 32.1. The molecule has 0 aliphatic carbocycles. The van der Waals surface area contributed by atoms with Gasteiger partial charge in [0.25, 0.3) is 5.91 Å². The Kier molecular flexibility index (Phi) is 14.4. The second kappa shape index (κ2) is 21.1. The number of hydrogen-bond donors (Lipinski definition) is 3. The van der Waals surface area contributed by atoms with Crippen molar-refractivity contribution in [3.05, 3.63) is 125 Å². The first-order chi connectivity index (χ1) is 36.3. The molecule has 3 aliphatic heterocycles. The van der Waals surface area contributed by atoms with Crippen molar-refractivity contribution in [2.75, 3.05) is 68.0 Å². The van der Waals surface area contributed by atoms with E-state index in [4.69, 9.17) is 14.5 Å². The summed E-state index contributed by atoms with van der Waals surface area (Å²) >= 11 is 1.37. The van der Waals surface area contributed by atoms with Crippen LogP contribution < -0.4 is 25.6 Å². The number of hydrogen-bond acceptors (Lipinski definition) is 14. The number of anilines is 3. The number of carbonyl (C=O) groups is 5. The highest BCUT2D eigenvalue weighted by Gasteiger charge is 2.39. The fraction of sp³-hybridized carbons (Fsp3) is 0.345. The van der Waals surface area contributed by atoms with E-state index in [2.05, 4.69) is 30.9 Å². The van der Waals surface area contributed by atoms with Crippen molar-refractivity contribution in [2.24, 2.45) is 7.05 Å². The van der Waals surface area contributed by atoms with E-state index in [0.29, 0.717) is 80.0 Å². The van der Waals surface area contributed by atoms with Gasteiger partial charge in [0, 0.05) is 87.0 Å². The van der Waals surface area contributed by atoms with Crippen LogP contribution >= 0.6 is 11.3 Å². The number of imide groups is 1. The summed E-state index contributed by atoms with van der Waals surface area (Å²) in [6.45, 7) is 8.23. The molecule has 3 N–H and O–H groups in total. The molecule has 4 amide bonds. The fourth-order valence-corrected chi connectivity index (χ4v) is 10.9. The number of pyridine rings is 1. The zero-order valence-corrected chi connectivity index (χ0v) is 43.1. The van der Waals surface area contributed by atoms with Gasteiger partial charge in [-0.2, -0.15) is 18.3 Å². The van der Waals surface area contributed by atoms with Crippen LogP contribution in [0.3, 0.4) is 0 Å². The Morgan fingerprint density at radius 1 is 0.842 bits per heavy atom. The largest absolute Gasteiger partial charge is 0.492 e. The standard InChI is InChI=1S/C55H55F3N10O7S/c1-54(2,3)75-52(73)49-35(17-19-44(61-49)68-22-21-32-9-7-11-36(39(32)30-68)50(71)63-53-60-40-12-5-6-14-43(40)76-53)34-10-8-13-42(47(34)55(56,57)58)74-28-27-66-23-25-67(26-24-66)31-46(70)59-33-15-16-37-41(29-33)65(4)64-48(37)38-18-20-45(69)62-51(38)72/h5-17,19,29,38H,18,20-28,30-31H2,1-4H3,(H,59,70)(H,60,63,71)(H,62,69,72). The number of piperazine rings is 1. The lowest BCUT2D eigenvalue weighted by Crippen LogP contribution is -2.49. The first-order valence-electron chi connectivity index (χ1n) is 25.0. The van der Waals surface area contributed by atoms with Crippen LogP contribution in [0.5, 0.6) is 5.75 Å². The number of para-hydroxylation sites is 1. The van der Waals surface area contributed by atoms with Crippen LogP contribution in [0.4, 0.5) is 29.8 Å². The molecule has 6 heterocycles. The normalized spacial score (nSPS) is 16.6. The van der Waals surface area contributed by atoms with E-state index in [1.807, 2.05) is 52.3 Å². The number of aromatic nitrogens is 4. The molecule has 3 aromatic heterocycles. The van der Waals surface area contributed by atoms with Crippen molar-refractivity contribution in [1.82, 2.24) is 34.9 Å². The molecule has 0 bridgehead atoms. The van der Waals surface area contributed by atoms with E-state index in [-0.39, 0.29) is 66.6 Å². The van der Waals surface area contributed by atoms with Gasteiger partial charge in [-0.05, 0) is 99.3 Å². The molecule has 10 rings (SSSR count). The van der Waals surface area contributed by atoms with Crippen molar-refractivity contribution >= 4 is 78.7 Å². The monoisotopic (exact) mass is 1060 g/mol. The number of halogens is 3. The Morgan fingerprint density at radius 3 is 2.38 bits per heavy atom. The number of benzene rings is 4. The zero-order valence-electron chi connectivity index (χ0n) is 42.3. The number of carbonyl (C=O) groups excluding carboxylic acids is 5. The highest BCUT2D eigenvalue weighted by Crippen LogP contribution is 2.44. The van der Waals surface area contributed by atoms with E-state index in [0.717, 1.165) is 32.2 Å². The van der Waals surface area contributed by atoms with Crippen LogP contribution in [0.1, 0.15) is 82.8 Å². The van der Waals surface area contributed by atoms with Gasteiger partial charge in [-0.15, -0.1) is 0 Å². The molecule has 2 saturated heterocycles. The van der Waals surface area contributed by atoms with Gasteiger partial charge in [0.1, 0.15) is 29.3 Å². The Bertz CT molecular complexity index is 3380. The molecule has 394 valence electrons. The maximum absolute atomic E-state index is 15.3. The number of ether oxygens (including phenoxy) is 2. The van der Waals surface area contributed by atoms with E-state index >= 15 is 13.2 Å². The summed E-state index contributed by atoms with van der Waals surface area (Å²) in [5.74, 6) is -2.76. The number of amides is 4. The van der Waals surface area contributed by atoms with Crippen LogP contribution in [0.25, 0.3) is 32.2 Å². The van der Waals surface area contributed by atoms with Gasteiger partial charge in [0.05, 0.1) is 33.9 Å². The number of piperidine rings is 1. The Balaban J connectivity index is 0.794. The maximum Gasteiger partial charge on any atom is 0.420 e. The number of esters is 1. The Morgan fingerprint density at radius 2 is 1.62 bits per heavy atom. The lowest BCUT2D eigenvalue weighted by atomic mass is 9.93. The van der Waals surface area contributed by atoms with Crippen LogP contribution in [0.15, 0.2) is 91.0 Å². The molecule has 17 nitrogen and oxygen atoms in total. The lowest BCUT2D eigenvalue weighted by Gasteiger charge is -2.34. The smallest absolute Gasteiger partial charge is 0.420 e. The third-order valence-electron chi connectivity index (χ3n) is 13.7. The van der Waals surface area contributed by atoms with Gasteiger partial charge < -0.3 is 19.7 Å². The Hall–Kier alpha value is -7.75. The Labute approximate surface area is 439 Å². The minimum Gasteiger partial charge on any atom is -0.492 e. The topological polar surface area (TPSA) is 193 Å². The molecule has 0 saturated carbocycles. The molecule has 3 aliphatic rings. The maximum atomic E-state index is 15.3. The number of rotatable bonds is 13. The van der Waals surface area contributed by atoms with Crippen LogP contribution in [0, 0.1) is 0 Å². The second-order valence-electron chi connectivity index (χ2n) is 20.1. The lowest BCUT2D eigenvalue weighted by molar-refractivity contribution is -0.138. The fourth-order valence-electron chi connectivity index (χ4n) is 10.0. The number of fused-ring (bicyclic) bond motifs is 3. The SMILES string of the molecule is Cn1nc(C2CCC(=O)NC2=O)c2ccc(NC(=O)CN3CCN(CCOc4cccc(-c5ccc(N6CCc7cccc(C(=O)Nc8nc9ccccc9s8)c7C6)nc5C(=O)OC(C)(C)C)c4C(F)(F)F)CC3)cc21. The third-order valence-corrected chi connectivity index (χ3v) is 14.6. The number of nitrogens with one attached hydrogen (secondary N) is 3. The van der Waals surface area contributed by atoms with Crippen LogP contribution in [0.2, 0.25) is 0 Å². The molecule has 7 aromatic rings. The predicted octanol–water partition coefficient (Wildman–Crippen LogP) is 8.19. The summed E-state index contributed by atoms with van der Waals surface area (Å²) in [5, 5.41) is 14.1. The van der Waals surface area contributed by atoms with Crippen LogP contribution in [-0.2, 0) is 45.3 Å². The number of aryl methyl sites for hydroxylation is 1. The number of nitrogens with zero attached hydrogens (tertiary/aromatic N) is 7. The summed E-state index contributed by atoms with van der Waals surface area (Å²) in [6.07, 6.45) is -3.76. The summed E-state index contributed by atoms with van der Waals surface area (Å²) < 4.78 is 60.2. The van der Waals surface area contributed by atoms with Crippen molar-refractivity contribution in [3.63, 3.8) is 0 Å². The zero-order chi connectivity index (χ0) is 53.5. The van der Waals surface area contributed by atoms with Crippen molar-refractivity contribution in [1.29, 1.82) is 0 Å². The average Bonchev–Trinajstić information content (AvgIpc) is 3.95. The van der Waals surface area contributed by atoms with E-state index < -0.39 is 35.0 Å². The molecule has 4 aromatic carbocycles. The van der Waals surface area contributed by atoms with Crippen molar-refractivity contribution < 1.29 is 46.6 Å². The predicted molar refractivity (Wildman–Crippen MR) is 281 cm³/mol. The third kappa shape index (κ3) is 11.3. The van der Waals surface area contributed by atoms with Crippen LogP contribution in [-0.4, -0.2) is 117 Å². The molecular weight excluding hydrogens is 1000 g/mol. The molecular formula is C55H55F3N10O7S. The van der Waals surface area contributed by atoms with Gasteiger partial charge in [-0.25, -0.2) is 14.8 Å². The van der Waals surface area contributed by atoms with Crippen molar-refractivity contribution in [3.8, 4) is 16.9 Å². The van der Waals surface area contributed by atoms with E-state index in [1.54, 1.807) is 56.8 Å². The molecule has 0 radical (unpaired) electrons. The quantitative estimate of drug-likeness (QED) is 0.0740. The minimum absolute atomic E-state index is 0.0675.